The van der Waals surface area contributed by atoms with Gasteiger partial charge in [-0.25, -0.2) is 0 Å². The van der Waals surface area contributed by atoms with Gasteiger partial charge in [-0.05, 0) is 59.5 Å². The van der Waals surface area contributed by atoms with E-state index < -0.39 is 0 Å². The lowest BCUT2D eigenvalue weighted by Crippen LogP contribution is -2.15. The van der Waals surface area contributed by atoms with E-state index in [9.17, 15) is 0 Å². The Labute approximate surface area is 207 Å². The van der Waals surface area contributed by atoms with Crippen LogP contribution in [0.2, 0.25) is 0 Å². The van der Waals surface area contributed by atoms with Gasteiger partial charge >= 0.3 is 0 Å². The molecule has 4 aromatic carbocycles. The van der Waals surface area contributed by atoms with Crippen LogP contribution >= 0.6 is 22.7 Å². The van der Waals surface area contributed by atoms with Crippen molar-refractivity contribution < 1.29 is 0 Å². The highest BCUT2D eigenvalue weighted by Crippen LogP contribution is 2.39. The summed E-state index contributed by atoms with van der Waals surface area (Å²) >= 11 is 3.66. The molecule has 0 aliphatic rings. The predicted octanol–water partition coefficient (Wildman–Crippen LogP) is 9.22. The summed E-state index contributed by atoms with van der Waals surface area (Å²) < 4.78 is 2.63. The van der Waals surface area contributed by atoms with E-state index in [0.717, 1.165) is 6.54 Å². The van der Waals surface area contributed by atoms with Gasteiger partial charge in [0.05, 0.1) is 10.7 Å². The molecule has 0 spiro atoms. The van der Waals surface area contributed by atoms with Crippen molar-refractivity contribution >= 4 is 64.9 Å². The Morgan fingerprint density at radius 3 is 2.15 bits per heavy atom. The van der Waals surface area contributed by atoms with Gasteiger partial charge in [0.15, 0.2) is 0 Å². The molecule has 4 heteroatoms. The molecular weight excluding hydrogens is 452 g/mol. The van der Waals surface area contributed by atoms with E-state index in [4.69, 9.17) is 0 Å². The molecule has 2 nitrogen and oxygen atoms in total. The molecule has 6 aromatic rings. The van der Waals surface area contributed by atoms with Gasteiger partial charge in [-0.2, -0.15) is 0 Å². The minimum atomic E-state index is 0.817. The molecule has 6 rings (SSSR count). The maximum atomic E-state index is 2.43. The van der Waals surface area contributed by atoms with Crippen LogP contribution in [0.15, 0.2) is 115 Å². The number of hydrogen-bond donors (Lipinski definition) is 0. The molecule has 0 aliphatic heterocycles. The quantitative estimate of drug-likeness (QED) is 0.236. The van der Waals surface area contributed by atoms with Gasteiger partial charge in [0, 0.05) is 45.1 Å². The molecule has 0 amide bonds. The normalized spacial score (nSPS) is 11.2. The van der Waals surface area contributed by atoms with Crippen molar-refractivity contribution in [3.63, 3.8) is 0 Å². The fourth-order valence-corrected chi connectivity index (χ4v) is 6.44. The number of nitrogens with zero attached hydrogens (tertiary/aromatic N) is 2. The van der Waals surface area contributed by atoms with Crippen molar-refractivity contribution in [2.75, 3.05) is 16.8 Å². The second kappa shape index (κ2) is 8.98. The number of thiophene rings is 2. The fraction of sp³-hybridized carbons (Fsp3) is 0.0667. The SMILES string of the molecule is CN(c1ccccc1)c1csc2ccc(CN(c3ccccc3)c3cc4ccccc4s3)cc12. The van der Waals surface area contributed by atoms with Crippen molar-refractivity contribution in [1.82, 2.24) is 0 Å². The number of anilines is 4. The van der Waals surface area contributed by atoms with Crippen LogP contribution in [0.4, 0.5) is 22.1 Å². The standard InChI is InChI=1S/C30H24N2S2/c1-31(24-11-4-2-5-12-24)27-21-33-29-17-16-22(18-26(27)29)20-32(25-13-6-3-7-14-25)30-19-23-10-8-9-15-28(23)34-30/h2-19,21H,20H2,1H3. The van der Waals surface area contributed by atoms with Crippen molar-refractivity contribution in [3.8, 4) is 0 Å². The van der Waals surface area contributed by atoms with Crippen LogP contribution in [0.5, 0.6) is 0 Å². The fourth-order valence-electron chi connectivity index (χ4n) is 4.40. The van der Waals surface area contributed by atoms with Crippen LogP contribution < -0.4 is 9.80 Å². The summed E-state index contributed by atoms with van der Waals surface area (Å²) in [6, 6.07) is 39.1. The Balaban J connectivity index is 1.40. The van der Waals surface area contributed by atoms with Gasteiger partial charge in [-0.15, -0.1) is 22.7 Å². The Hall–Kier alpha value is -3.60. The number of para-hydroxylation sites is 2. The number of fused-ring (bicyclic) bond motifs is 2. The minimum absolute atomic E-state index is 0.817. The zero-order chi connectivity index (χ0) is 22.9. The van der Waals surface area contributed by atoms with Gasteiger partial charge in [0.2, 0.25) is 0 Å². The summed E-state index contributed by atoms with van der Waals surface area (Å²) in [6.45, 7) is 0.817. The van der Waals surface area contributed by atoms with Crippen LogP contribution in [-0.4, -0.2) is 7.05 Å². The highest BCUT2D eigenvalue weighted by Gasteiger charge is 2.16. The Kier molecular flexibility index (Phi) is 5.54. The lowest BCUT2D eigenvalue weighted by molar-refractivity contribution is 0.990. The molecule has 0 fully saturated rings. The largest absolute Gasteiger partial charge is 0.343 e. The molecular formula is C30H24N2S2. The smallest absolute Gasteiger partial charge is 0.0968 e. The van der Waals surface area contributed by atoms with Crippen LogP contribution in [0.3, 0.4) is 0 Å². The molecule has 0 aliphatic carbocycles. The highest BCUT2D eigenvalue weighted by atomic mass is 32.1. The second-order valence-electron chi connectivity index (χ2n) is 8.39. The molecule has 0 saturated carbocycles. The van der Waals surface area contributed by atoms with Crippen molar-refractivity contribution in [1.29, 1.82) is 0 Å². The molecule has 34 heavy (non-hydrogen) atoms. The summed E-state index contributed by atoms with van der Waals surface area (Å²) in [7, 11) is 2.15. The molecule has 2 heterocycles. The zero-order valence-corrected chi connectivity index (χ0v) is 20.5. The lowest BCUT2D eigenvalue weighted by atomic mass is 10.1. The summed E-state index contributed by atoms with van der Waals surface area (Å²) in [6.07, 6.45) is 0. The molecule has 0 bridgehead atoms. The lowest BCUT2D eigenvalue weighted by Gasteiger charge is -2.24. The number of benzene rings is 4. The molecule has 166 valence electrons. The molecule has 0 atom stereocenters. The molecule has 0 unspecified atom stereocenters. The maximum absolute atomic E-state index is 2.43. The van der Waals surface area contributed by atoms with Gasteiger partial charge in [-0.3, -0.25) is 0 Å². The first-order valence-corrected chi connectivity index (χ1v) is 13.1. The summed E-state index contributed by atoms with van der Waals surface area (Å²) in [5, 5.41) is 6.13. The molecule has 0 N–H and O–H groups in total. The van der Waals surface area contributed by atoms with Crippen LogP contribution in [0.1, 0.15) is 5.56 Å². The van der Waals surface area contributed by atoms with Gasteiger partial charge in [0.25, 0.3) is 0 Å². The topological polar surface area (TPSA) is 6.48 Å². The van der Waals surface area contributed by atoms with E-state index >= 15 is 0 Å². The average Bonchev–Trinajstić information content (AvgIpc) is 3.52. The van der Waals surface area contributed by atoms with Gasteiger partial charge in [-0.1, -0.05) is 60.7 Å². The summed E-state index contributed by atoms with van der Waals surface area (Å²) in [4.78, 5) is 4.71. The first-order chi connectivity index (χ1) is 16.8. The van der Waals surface area contributed by atoms with Crippen molar-refractivity contribution in [2.24, 2.45) is 0 Å². The maximum Gasteiger partial charge on any atom is 0.0968 e. The monoisotopic (exact) mass is 476 g/mol. The van der Waals surface area contributed by atoms with Crippen molar-refractivity contribution in [2.45, 2.75) is 6.54 Å². The zero-order valence-electron chi connectivity index (χ0n) is 18.9. The van der Waals surface area contributed by atoms with Crippen molar-refractivity contribution in [3.05, 3.63) is 120 Å². The number of rotatable bonds is 6. The third-order valence-electron chi connectivity index (χ3n) is 6.21. The second-order valence-corrected chi connectivity index (χ2v) is 10.4. The molecule has 2 aromatic heterocycles. The third-order valence-corrected chi connectivity index (χ3v) is 8.30. The predicted molar refractivity (Wildman–Crippen MR) is 150 cm³/mol. The van der Waals surface area contributed by atoms with Gasteiger partial charge < -0.3 is 9.80 Å². The van der Waals surface area contributed by atoms with Crippen LogP contribution in [0, 0.1) is 0 Å². The third kappa shape index (κ3) is 3.96. The Bertz CT molecular complexity index is 1520. The van der Waals surface area contributed by atoms with E-state index in [2.05, 4.69) is 131 Å². The van der Waals surface area contributed by atoms with Crippen LogP contribution in [-0.2, 0) is 6.54 Å². The first-order valence-electron chi connectivity index (χ1n) is 11.4. The number of hydrogen-bond acceptors (Lipinski definition) is 4. The summed E-state index contributed by atoms with van der Waals surface area (Å²) in [5.41, 5.74) is 4.96. The Morgan fingerprint density at radius 1 is 0.676 bits per heavy atom. The van der Waals surface area contributed by atoms with Crippen LogP contribution in [0.25, 0.3) is 20.2 Å². The molecule has 0 radical (unpaired) electrons. The van der Waals surface area contributed by atoms with E-state index in [-0.39, 0.29) is 0 Å². The summed E-state index contributed by atoms with van der Waals surface area (Å²) in [5.74, 6) is 0. The van der Waals surface area contributed by atoms with E-state index in [1.807, 2.05) is 22.7 Å². The highest BCUT2D eigenvalue weighted by molar-refractivity contribution is 7.22. The van der Waals surface area contributed by atoms with E-state index in [1.165, 1.54) is 47.8 Å². The average molecular weight is 477 g/mol. The van der Waals surface area contributed by atoms with E-state index in [0.29, 0.717) is 0 Å². The minimum Gasteiger partial charge on any atom is -0.343 e. The van der Waals surface area contributed by atoms with E-state index in [1.54, 1.807) is 0 Å². The molecule has 0 saturated heterocycles. The Morgan fingerprint density at radius 2 is 1.38 bits per heavy atom. The first kappa shape index (κ1) is 21.0. The van der Waals surface area contributed by atoms with Gasteiger partial charge in [0.1, 0.15) is 0 Å².